The smallest absolute Gasteiger partial charge is 0.324 e. The van der Waals surface area contributed by atoms with Crippen LogP contribution in [0.2, 0.25) is 0 Å². The highest BCUT2D eigenvalue weighted by Gasteiger charge is 2.29. The highest BCUT2D eigenvalue weighted by Crippen LogP contribution is 2.24. The molecule has 24 heavy (non-hydrogen) atoms. The summed E-state index contributed by atoms with van der Waals surface area (Å²) in [5.74, 6) is 0.332. The normalized spacial score (nSPS) is 24.0. The Morgan fingerprint density at radius 3 is 2.58 bits per heavy atom. The van der Waals surface area contributed by atoms with E-state index in [0.29, 0.717) is 11.1 Å². The molecule has 1 saturated heterocycles. The maximum Gasteiger partial charge on any atom is 0.324 e. The van der Waals surface area contributed by atoms with Gasteiger partial charge in [-0.15, -0.1) is 0 Å². The summed E-state index contributed by atoms with van der Waals surface area (Å²) in [5, 5.41) is 5.60. The number of nitrogens with one attached hydrogen (secondary N) is 2. The number of imide groups is 1. The van der Waals surface area contributed by atoms with Gasteiger partial charge in [0.1, 0.15) is 0 Å². The lowest BCUT2D eigenvalue weighted by molar-refractivity contribution is -0.125. The standard InChI is InChI=1S/C18H23N3O3/c1-12-6-8-14(9-7-12)20-17(23)15-5-3-2-4-13(15)11-21-16(22)10-19-18(21)24/h2-5,12,14H,6-11H2,1H3,(H,19,24)(H,20,23). The number of nitrogens with zero attached hydrogens (tertiary/aromatic N) is 1. The van der Waals surface area contributed by atoms with Crippen molar-refractivity contribution in [2.24, 2.45) is 5.92 Å². The van der Waals surface area contributed by atoms with Crippen molar-refractivity contribution in [1.29, 1.82) is 0 Å². The summed E-state index contributed by atoms with van der Waals surface area (Å²) in [6.07, 6.45) is 4.27. The van der Waals surface area contributed by atoms with Crippen LogP contribution in [0.15, 0.2) is 24.3 Å². The summed E-state index contributed by atoms with van der Waals surface area (Å²) in [5.41, 5.74) is 1.22. The molecule has 1 saturated carbocycles. The number of carbonyl (C=O) groups is 3. The molecule has 1 aliphatic carbocycles. The van der Waals surface area contributed by atoms with E-state index in [9.17, 15) is 14.4 Å². The largest absolute Gasteiger partial charge is 0.349 e. The third kappa shape index (κ3) is 3.58. The lowest BCUT2D eigenvalue weighted by atomic mass is 9.87. The zero-order chi connectivity index (χ0) is 17.1. The molecule has 0 bridgehead atoms. The molecule has 1 heterocycles. The molecule has 4 amide bonds. The quantitative estimate of drug-likeness (QED) is 0.830. The maximum atomic E-state index is 12.6. The number of carbonyl (C=O) groups excluding carboxylic acids is 3. The van der Waals surface area contributed by atoms with Crippen molar-refractivity contribution >= 4 is 17.8 Å². The van der Waals surface area contributed by atoms with Crippen molar-refractivity contribution in [2.45, 2.75) is 45.2 Å². The molecule has 0 spiro atoms. The van der Waals surface area contributed by atoms with E-state index in [2.05, 4.69) is 17.6 Å². The van der Waals surface area contributed by atoms with Gasteiger partial charge < -0.3 is 10.6 Å². The van der Waals surface area contributed by atoms with E-state index >= 15 is 0 Å². The number of rotatable bonds is 4. The van der Waals surface area contributed by atoms with Crippen LogP contribution in [0.4, 0.5) is 4.79 Å². The number of amides is 4. The summed E-state index contributed by atoms with van der Waals surface area (Å²) >= 11 is 0. The van der Waals surface area contributed by atoms with Crippen molar-refractivity contribution in [3.05, 3.63) is 35.4 Å². The van der Waals surface area contributed by atoms with Crippen molar-refractivity contribution in [3.8, 4) is 0 Å². The van der Waals surface area contributed by atoms with Crippen LogP contribution in [-0.2, 0) is 11.3 Å². The van der Waals surface area contributed by atoms with Gasteiger partial charge in [-0.05, 0) is 43.2 Å². The Morgan fingerprint density at radius 2 is 1.92 bits per heavy atom. The minimum atomic E-state index is -0.406. The zero-order valence-corrected chi connectivity index (χ0v) is 13.9. The maximum absolute atomic E-state index is 12.6. The van der Waals surface area contributed by atoms with E-state index in [4.69, 9.17) is 0 Å². The van der Waals surface area contributed by atoms with E-state index in [0.717, 1.165) is 36.5 Å². The Morgan fingerprint density at radius 1 is 1.21 bits per heavy atom. The summed E-state index contributed by atoms with van der Waals surface area (Å²) in [6.45, 7) is 2.38. The molecule has 6 nitrogen and oxygen atoms in total. The predicted octanol–water partition coefficient (Wildman–Crippen LogP) is 2.05. The summed E-state index contributed by atoms with van der Waals surface area (Å²) in [6, 6.07) is 6.95. The average molecular weight is 329 g/mol. The molecule has 1 aromatic rings. The molecule has 1 aliphatic heterocycles. The molecular weight excluding hydrogens is 306 g/mol. The number of hydrogen-bond donors (Lipinski definition) is 2. The Labute approximate surface area is 141 Å². The van der Waals surface area contributed by atoms with Crippen LogP contribution in [0.1, 0.15) is 48.5 Å². The highest BCUT2D eigenvalue weighted by molar-refractivity contribution is 6.02. The first-order chi connectivity index (χ1) is 11.5. The Hall–Kier alpha value is -2.37. The van der Waals surface area contributed by atoms with Crippen molar-refractivity contribution < 1.29 is 14.4 Å². The van der Waals surface area contributed by atoms with Crippen LogP contribution in [-0.4, -0.2) is 35.3 Å². The fourth-order valence-corrected chi connectivity index (χ4v) is 3.33. The molecule has 0 atom stereocenters. The molecule has 2 fully saturated rings. The Balaban J connectivity index is 1.70. The fourth-order valence-electron chi connectivity index (χ4n) is 3.33. The molecule has 2 N–H and O–H groups in total. The predicted molar refractivity (Wildman–Crippen MR) is 89.3 cm³/mol. The number of benzene rings is 1. The summed E-state index contributed by atoms with van der Waals surface area (Å²) in [7, 11) is 0. The van der Waals surface area contributed by atoms with Crippen LogP contribution in [0.3, 0.4) is 0 Å². The molecule has 128 valence electrons. The first-order valence-electron chi connectivity index (χ1n) is 8.51. The van der Waals surface area contributed by atoms with Gasteiger partial charge in [0.05, 0.1) is 13.1 Å². The van der Waals surface area contributed by atoms with Crippen molar-refractivity contribution in [2.75, 3.05) is 6.54 Å². The monoisotopic (exact) mass is 329 g/mol. The summed E-state index contributed by atoms with van der Waals surface area (Å²) < 4.78 is 0. The van der Waals surface area contributed by atoms with Crippen LogP contribution in [0, 0.1) is 5.92 Å². The minimum Gasteiger partial charge on any atom is -0.349 e. The van der Waals surface area contributed by atoms with E-state index < -0.39 is 6.03 Å². The zero-order valence-electron chi connectivity index (χ0n) is 13.9. The molecule has 0 unspecified atom stereocenters. The second kappa shape index (κ2) is 7.03. The van der Waals surface area contributed by atoms with Crippen LogP contribution in [0.25, 0.3) is 0 Å². The van der Waals surface area contributed by atoms with Gasteiger partial charge in [0.25, 0.3) is 5.91 Å². The van der Waals surface area contributed by atoms with Crippen LogP contribution in [0.5, 0.6) is 0 Å². The number of urea groups is 1. The molecular formula is C18H23N3O3. The van der Waals surface area contributed by atoms with Crippen molar-refractivity contribution in [1.82, 2.24) is 15.5 Å². The van der Waals surface area contributed by atoms with Gasteiger partial charge in [-0.3, -0.25) is 14.5 Å². The lowest BCUT2D eigenvalue weighted by Crippen LogP contribution is -2.38. The topological polar surface area (TPSA) is 78.5 Å². The molecule has 0 aromatic heterocycles. The molecule has 0 radical (unpaired) electrons. The average Bonchev–Trinajstić information content (AvgIpc) is 2.89. The van der Waals surface area contributed by atoms with Gasteiger partial charge in [-0.25, -0.2) is 4.79 Å². The second-order valence-electron chi connectivity index (χ2n) is 6.73. The third-order valence-corrected chi connectivity index (χ3v) is 4.88. The lowest BCUT2D eigenvalue weighted by Gasteiger charge is -2.27. The first-order valence-corrected chi connectivity index (χ1v) is 8.51. The molecule has 6 heteroatoms. The van der Waals surface area contributed by atoms with E-state index in [1.165, 1.54) is 0 Å². The number of hydrogen-bond acceptors (Lipinski definition) is 3. The van der Waals surface area contributed by atoms with E-state index in [-0.39, 0.29) is 30.9 Å². The van der Waals surface area contributed by atoms with Crippen LogP contribution < -0.4 is 10.6 Å². The SMILES string of the molecule is CC1CCC(NC(=O)c2ccccc2CN2C(=O)CNC2=O)CC1. The Bertz CT molecular complexity index is 635. The minimum absolute atomic E-state index is 0.0213. The van der Waals surface area contributed by atoms with Gasteiger partial charge in [-0.1, -0.05) is 25.1 Å². The fraction of sp³-hybridized carbons (Fsp3) is 0.500. The highest BCUT2D eigenvalue weighted by atomic mass is 16.2. The van der Waals surface area contributed by atoms with Crippen molar-refractivity contribution in [3.63, 3.8) is 0 Å². The van der Waals surface area contributed by atoms with Crippen LogP contribution >= 0.6 is 0 Å². The van der Waals surface area contributed by atoms with Gasteiger partial charge in [0.2, 0.25) is 5.91 Å². The third-order valence-electron chi connectivity index (χ3n) is 4.88. The van der Waals surface area contributed by atoms with Gasteiger partial charge in [0.15, 0.2) is 0 Å². The summed E-state index contributed by atoms with van der Waals surface area (Å²) in [4.78, 5) is 37.3. The molecule has 2 aliphatic rings. The first kappa shape index (κ1) is 16.5. The molecule has 3 rings (SSSR count). The van der Waals surface area contributed by atoms with E-state index in [1.807, 2.05) is 6.07 Å². The van der Waals surface area contributed by atoms with Gasteiger partial charge in [-0.2, -0.15) is 0 Å². The van der Waals surface area contributed by atoms with E-state index in [1.54, 1.807) is 18.2 Å². The second-order valence-corrected chi connectivity index (χ2v) is 6.73. The van der Waals surface area contributed by atoms with Gasteiger partial charge in [0, 0.05) is 11.6 Å². The molecule has 1 aromatic carbocycles. The Kier molecular flexibility index (Phi) is 4.83. The van der Waals surface area contributed by atoms with Gasteiger partial charge >= 0.3 is 6.03 Å².